The molecule has 2 aromatic carbocycles. The van der Waals surface area contributed by atoms with Gasteiger partial charge in [0.1, 0.15) is 5.75 Å². The minimum atomic E-state index is -0.348. The highest BCUT2D eigenvalue weighted by molar-refractivity contribution is 5.51. The Labute approximate surface area is 184 Å². The number of rotatable bonds is 8. The highest BCUT2D eigenvalue weighted by atomic mass is 16.6. The van der Waals surface area contributed by atoms with E-state index < -0.39 is 0 Å². The van der Waals surface area contributed by atoms with Crippen molar-refractivity contribution in [3.63, 3.8) is 0 Å². The van der Waals surface area contributed by atoms with Crippen molar-refractivity contribution in [3.8, 4) is 5.75 Å². The normalized spacial score (nSPS) is 18.8. The fourth-order valence-corrected chi connectivity index (χ4v) is 4.69. The van der Waals surface area contributed by atoms with E-state index in [2.05, 4.69) is 27.2 Å². The van der Waals surface area contributed by atoms with E-state index in [1.807, 2.05) is 24.3 Å². The first-order valence-corrected chi connectivity index (χ1v) is 11.2. The van der Waals surface area contributed by atoms with Gasteiger partial charge in [-0.1, -0.05) is 12.1 Å². The lowest BCUT2D eigenvalue weighted by atomic mass is 9.99. The van der Waals surface area contributed by atoms with Crippen molar-refractivity contribution in [2.24, 2.45) is 0 Å². The van der Waals surface area contributed by atoms with Crippen LogP contribution in [0, 0.1) is 10.1 Å². The van der Waals surface area contributed by atoms with Crippen LogP contribution in [0.4, 0.5) is 11.4 Å². The lowest BCUT2D eigenvalue weighted by Gasteiger charge is -2.36. The fourth-order valence-electron chi connectivity index (χ4n) is 4.69. The van der Waals surface area contributed by atoms with E-state index in [-0.39, 0.29) is 10.6 Å². The molecule has 7 heteroatoms. The Bertz CT molecular complexity index is 842. The molecule has 4 rings (SSSR count). The van der Waals surface area contributed by atoms with E-state index in [1.54, 1.807) is 19.2 Å². The molecule has 166 valence electrons. The van der Waals surface area contributed by atoms with Gasteiger partial charge in [-0.15, -0.1) is 0 Å². The predicted octanol–water partition coefficient (Wildman–Crippen LogP) is 4.00. The third kappa shape index (κ3) is 5.54. The van der Waals surface area contributed by atoms with Gasteiger partial charge >= 0.3 is 0 Å². The molecule has 31 heavy (non-hydrogen) atoms. The predicted molar refractivity (Wildman–Crippen MR) is 123 cm³/mol. The van der Waals surface area contributed by atoms with Gasteiger partial charge in [0.25, 0.3) is 5.69 Å². The minimum Gasteiger partial charge on any atom is -0.497 e. The van der Waals surface area contributed by atoms with Crippen LogP contribution in [-0.4, -0.2) is 55.7 Å². The molecule has 2 aliphatic heterocycles. The van der Waals surface area contributed by atoms with Crippen molar-refractivity contribution < 1.29 is 9.66 Å². The molecule has 0 saturated carbocycles. The number of hydrogen-bond acceptors (Lipinski definition) is 6. The Kier molecular flexibility index (Phi) is 7.04. The second kappa shape index (κ2) is 10.1. The molecule has 0 unspecified atom stereocenters. The monoisotopic (exact) mass is 424 g/mol. The highest BCUT2D eigenvalue weighted by Crippen LogP contribution is 2.26. The maximum Gasteiger partial charge on any atom is 0.269 e. The van der Waals surface area contributed by atoms with Crippen LogP contribution in [0.3, 0.4) is 0 Å². The number of nitrogens with one attached hydrogen (secondary N) is 1. The quantitative estimate of drug-likeness (QED) is 0.510. The van der Waals surface area contributed by atoms with Crippen LogP contribution in [0.15, 0.2) is 48.5 Å². The number of nitrogens with zero attached hydrogens (tertiary/aromatic N) is 3. The van der Waals surface area contributed by atoms with Gasteiger partial charge in [-0.25, -0.2) is 0 Å². The first-order chi connectivity index (χ1) is 15.1. The number of nitro groups is 1. The van der Waals surface area contributed by atoms with Crippen molar-refractivity contribution in [1.82, 2.24) is 10.2 Å². The van der Waals surface area contributed by atoms with Crippen LogP contribution in [0.2, 0.25) is 0 Å². The number of hydrogen-bond donors (Lipinski definition) is 1. The van der Waals surface area contributed by atoms with Crippen LogP contribution in [0.5, 0.6) is 5.75 Å². The summed E-state index contributed by atoms with van der Waals surface area (Å²) in [5.41, 5.74) is 2.52. The van der Waals surface area contributed by atoms with Crippen molar-refractivity contribution in [3.05, 3.63) is 64.2 Å². The number of likely N-dealkylation sites (tertiary alicyclic amines) is 1. The molecular weight excluding hydrogens is 392 g/mol. The third-order valence-electron chi connectivity index (χ3n) is 6.52. The van der Waals surface area contributed by atoms with Gasteiger partial charge in [0.2, 0.25) is 0 Å². The zero-order valence-electron chi connectivity index (χ0n) is 18.2. The molecule has 0 amide bonds. The molecule has 0 radical (unpaired) electrons. The molecule has 2 saturated heterocycles. The summed E-state index contributed by atoms with van der Waals surface area (Å²) in [4.78, 5) is 15.4. The lowest BCUT2D eigenvalue weighted by Crippen LogP contribution is -2.46. The van der Waals surface area contributed by atoms with E-state index in [0.717, 1.165) is 43.9 Å². The van der Waals surface area contributed by atoms with Gasteiger partial charge in [-0.05, 0) is 68.6 Å². The van der Waals surface area contributed by atoms with Gasteiger partial charge in [0.05, 0.1) is 12.0 Å². The molecule has 0 aromatic heterocycles. The number of methoxy groups -OCH3 is 1. The van der Waals surface area contributed by atoms with Gasteiger partial charge in [0.15, 0.2) is 0 Å². The summed E-state index contributed by atoms with van der Waals surface area (Å²) in [5.74, 6) is 0.889. The number of piperidine rings is 1. The van der Waals surface area contributed by atoms with Crippen LogP contribution < -0.4 is 15.0 Å². The van der Waals surface area contributed by atoms with Crippen molar-refractivity contribution in [1.29, 1.82) is 0 Å². The molecule has 0 bridgehead atoms. The standard InChI is InChI=1S/C24H32N4O3/c1-31-23-10-4-19(5-11-23)24(18-26-14-2-3-15-26)25-20-12-16-27(17-13-20)21-6-8-22(9-7-21)28(29)30/h4-11,20,24-25H,2-3,12-18H2,1H3/t24-/m0/s1. The Morgan fingerprint density at radius 2 is 1.68 bits per heavy atom. The summed E-state index contributed by atoms with van der Waals surface area (Å²) in [6.45, 7) is 5.32. The summed E-state index contributed by atoms with van der Waals surface area (Å²) in [5, 5.41) is 14.8. The Morgan fingerprint density at radius 1 is 1.03 bits per heavy atom. The van der Waals surface area contributed by atoms with E-state index in [0.29, 0.717) is 12.1 Å². The maximum atomic E-state index is 10.9. The van der Waals surface area contributed by atoms with Crippen LogP contribution in [-0.2, 0) is 0 Å². The highest BCUT2D eigenvalue weighted by Gasteiger charge is 2.25. The Balaban J connectivity index is 1.37. The molecule has 0 spiro atoms. The van der Waals surface area contributed by atoms with Crippen molar-refractivity contribution in [2.75, 3.05) is 44.7 Å². The van der Waals surface area contributed by atoms with E-state index in [4.69, 9.17) is 4.74 Å². The van der Waals surface area contributed by atoms with Gasteiger partial charge in [-0.3, -0.25) is 10.1 Å². The zero-order valence-corrected chi connectivity index (χ0v) is 18.2. The minimum absolute atomic E-state index is 0.143. The molecule has 1 atom stereocenters. The van der Waals surface area contributed by atoms with Gasteiger partial charge in [0, 0.05) is 49.5 Å². The summed E-state index contributed by atoms with van der Waals surface area (Å²) in [6.07, 6.45) is 4.71. The number of nitro benzene ring substituents is 1. The summed E-state index contributed by atoms with van der Waals surface area (Å²) < 4.78 is 5.33. The topological polar surface area (TPSA) is 70.9 Å². The summed E-state index contributed by atoms with van der Waals surface area (Å²) in [7, 11) is 1.70. The van der Waals surface area contributed by atoms with E-state index in [1.165, 1.54) is 31.5 Å². The van der Waals surface area contributed by atoms with Gasteiger partial charge < -0.3 is 19.9 Å². The zero-order chi connectivity index (χ0) is 21.6. The third-order valence-corrected chi connectivity index (χ3v) is 6.52. The second-order valence-corrected chi connectivity index (χ2v) is 8.53. The van der Waals surface area contributed by atoms with E-state index in [9.17, 15) is 10.1 Å². The first kappa shape index (κ1) is 21.6. The van der Waals surface area contributed by atoms with Crippen molar-refractivity contribution >= 4 is 11.4 Å². The van der Waals surface area contributed by atoms with Crippen LogP contribution >= 0.6 is 0 Å². The maximum absolute atomic E-state index is 10.9. The number of benzene rings is 2. The molecular formula is C24H32N4O3. The van der Waals surface area contributed by atoms with Crippen LogP contribution in [0.25, 0.3) is 0 Å². The second-order valence-electron chi connectivity index (χ2n) is 8.53. The van der Waals surface area contributed by atoms with Gasteiger partial charge in [-0.2, -0.15) is 0 Å². The number of ether oxygens (including phenoxy) is 1. The Hall–Kier alpha value is -2.64. The molecule has 2 aliphatic rings. The molecule has 2 heterocycles. The average Bonchev–Trinajstić information content (AvgIpc) is 3.32. The lowest BCUT2D eigenvalue weighted by molar-refractivity contribution is -0.384. The molecule has 1 N–H and O–H groups in total. The molecule has 2 fully saturated rings. The smallest absolute Gasteiger partial charge is 0.269 e. The van der Waals surface area contributed by atoms with Crippen molar-refractivity contribution in [2.45, 2.75) is 37.8 Å². The molecule has 2 aromatic rings. The molecule has 0 aliphatic carbocycles. The molecule has 7 nitrogen and oxygen atoms in total. The Morgan fingerprint density at radius 3 is 2.26 bits per heavy atom. The average molecular weight is 425 g/mol. The largest absolute Gasteiger partial charge is 0.497 e. The van der Waals surface area contributed by atoms with Crippen LogP contribution in [0.1, 0.15) is 37.3 Å². The SMILES string of the molecule is COc1ccc([C@H](CN2CCCC2)NC2CCN(c3ccc([N+](=O)[O-])cc3)CC2)cc1. The fraction of sp³-hybridized carbons (Fsp3) is 0.500. The van der Waals surface area contributed by atoms with E-state index >= 15 is 0 Å². The first-order valence-electron chi connectivity index (χ1n) is 11.2. The number of non-ortho nitro benzene ring substituents is 1. The summed E-state index contributed by atoms with van der Waals surface area (Å²) in [6, 6.07) is 16.1. The summed E-state index contributed by atoms with van der Waals surface area (Å²) >= 11 is 0. The number of anilines is 1.